The Morgan fingerprint density at radius 2 is 1.77 bits per heavy atom. The van der Waals surface area contributed by atoms with Crippen molar-refractivity contribution in [1.82, 2.24) is 15.2 Å². The summed E-state index contributed by atoms with van der Waals surface area (Å²) < 4.78 is 5.97. The largest absolute Gasteiger partial charge is 0.490 e. The normalized spacial score (nSPS) is 12.8. The number of ether oxygens (including phenoxy) is 1. The van der Waals surface area contributed by atoms with Gasteiger partial charge in [0.25, 0.3) is 0 Å². The number of pyridine rings is 1. The van der Waals surface area contributed by atoms with E-state index in [-0.39, 0.29) is 11.5 Å². The zero-order valence-corrected chi connectivity index (χ0v) is 18.6. The summed E-state index contributed by atoms with van der Waals surface area (Å²) in [5, 5.41) is 8.43. The first kappa shape index (κ1) is 21.1. The number of nitrogens with two attached hydrogens (primary N) is 1. The molecule has 0 spiro atoms. The minimum Gasteiger partial charge on any atom is -0.490 e. The van der Waals surface area contributed by atoms with Gasteiger partial charge in [-0.2, -0.15) is 5.10 Å². The first-order valence-electron chi connectivity index (χ1n) is 10.7. The van der Waals surface area contributed by atoms with Crippen molar-refractivity contribution in [2.45, 2.75) is 45.6 Å². The highest BCUT2D eigenvalue weighted by atomic mass is 16.5. The number of benzene rings is 2. The number of fused-ring (bicyclic) bond motifs is 1. The Balaban J connectivity index is 1.40. The van der Waals surface area contributed by atoms with E-state index in [0.29, 0.717) is 6.61 Å². The van der Waals surface area contributed by atoms with Gasteiger partial charge in [-0.15, -0.1) is 0 Å². The van der Waals surface area contributed by atoms with Crippen LogP contribution < -0.4 is 10.5 Å². The van der Waals surface area contributed by atoms with Crippen LogP contribution in [0.1, 0.15) is 37.6 Å². The van der Waals surface area contributed by atoms with E-state index >= 15 is 0 Å². The third kappa shape index (κ3) is 4.94. The lowest BCUT2D eigenvalue weighted by molar-refractivity contribution is 0.286. The van der Waals surface area contributed by atoms with Crippen molar-refractivity contribution in [2.75, 3.05) is 6.61 Å². The fourth-order valence-electron chi connectivity index (χ4n) is 3.68. The molecule has 0 aliphatic rings. The standard InChI is InChI=1S/C26H30N4O/c1-17-24-13-19(7-10-25(24)30-29-17)20-12-23(15-28-14-20)31-16-22(27)11-18-5-8-21(9-6-18)26(2,3)4/h5-10,12-15,22H,11,16,27H2,1-4H3,(H,29,30)/t22-/m0/s1. The van der Waals surface area contributed by atoms with E-state index in [9.17, 15) is 0 Å². The van der Waals surface area contributed by atoms with E-state index in [1.54, 1.807) is 6.20 Å². The molecule has 2 heterocycles. The lowest BCUT2D eigenvalue weighted by Gasteiger charge is -2.19. The van der Waals surface area contributed by atoms with Crippen LogP contribution in [0.25, 0.3) is 22.0 Å². The maximum atomic E-state index is 6.34. The minimum atomic E-state index is -0.0888. The van der Waals surface area contributed by atoms with Gasteiger partial charge < -0.3 is 10.5 Å². The van der Waals surface area contributed by atoms with Gasteiger partial charge in [0, 0.05) is 28.9 Å². The second-order valence-corrected chi connectivity index (χ2v) is 9.21. The molecule has 0 aliphatic heterocycles. The average Bonchev–Trinajstić information content (AvgIpc) is 3.12. The van der Waals surface area contributed by atoms with E-state index in [1.165, 1.54) is 11.1 Å². The lowest BCUT2D eigenvalue weighted by atomic mass is 9.86. The van der Waals surface area contributed by atoms with Gasteiger partial charge in [-0.3, -0.25) is 10.1 Å². The van der Waals surface area contributed by atoms with Crippen molar-refractivity contribution in [1.29, 1.82) is 0 Å². The van der Waals surface area contributed by atoms with Gasteiger partial charge in [-0.1, -0.05) is 51.1 Å². The summed E-state index contributed by atoms with van der Waals surface area (Å²) in [6, 6.07) is 16.8. The van der Waals surface area contributed by atoms with Gasteiger partial charge in [0.2, 0.25) is 0 Å². The zero-order chi connectivity index (χ0) is 22.0. The highest BCUT2D eigenvalue weighted by Crippen LogP contribution is 2.27. The van der Waals surface area contributed by atoms with Crippen LogP contribution in [0.15, 0.2) is 60.9 Å². The molecule has 4 rings (SSSR count). The van der Waals surface area contributed by atoms with Crippen LogP contribution in [0.3, 0.4) is 0 Å². The van der Waals surface area contributed by atoms with Crippen LogP contribution in [-0.2, 0) is 11.8 Å². The van der Waals surface area contributed by atoms with Crippen molar-refractivity contribution in [3.05, 3.63) is 77.7 Å². The molecule has 3 N–H and O–H groups in total. The molecule has 4 aromatic rings. The highest BCUT2D eigenvalue weighted by molar-refractivity contribution is 5.86. The third-order valence-electron chi connectivity index (χ3n) is 5.57. The molecule has 0 amide bonds. The molecule has 2 aromatic heterocycles. The third-order valence-corrected chi connectivity index (χ3v) is 5.57. The smallest absolute Gasteiger partial charge is 0.138 e. The van der Waals surface area contributed by atoms with Crippen LogP contribution in [0, 0.1) is 6.92 Å². The number of rotatable bonds is 6. The van der Waals surface area contributed by atoms with Crippen LogP contribution in [-0.4, -0.2) is 27.8 Å². The Hall–Kier alpha value is -3.18. The summed E-state index contributed by atoms with van der Waals surface area (Å²) in [6.45, 7) is 9.12. The van der Waals surface area contributed by atoms with Crippen LogP contribution in [0.5, 0.6) is 5.75 Å². The fraction of sp³-hybridized carbons (Fsp3) is 0.308. The fourth-order valence-corrected chi connectivity index (χ4v) is 3.68. The molecule has 0 radical (unpaired) electrons. The summed E-state index contributed by atoms with van der Waals surface area (Å²) in [7, 11) is 0. The topological polar surface area (TPSA) is 76.8 Å². The SMILES string of the molecule is Cc1[nH]nc2ccc(-c3cncc(OC[C@@H](N)Cc4ccc(C(C)(C)C)cc4)c3)cc12. The molecule has 5 heteroatoms. The minimum absolute atomic E-state index is 0.0888. The summed E-state index contributed by atoms with van der Waals surface area (Å²) in [5.41, 5.74) is 13.1. The van der Waals surface area contributed by atoms with Crippen molar-refractivity contribution in [2.24, 2.45) is 5.73 Å². The Morgan fingerprint density at radius 1 is 1.00 bits per heavy atom. The van der Waals surface area contributed by atoms with Crippen molar-refractivity contribution < 1.29 is 4.74 Å². The average molecular weight is 415 g/mol. The van der Waals surface area contributed by atoms with Gasteiger partial charge in [0.15, 0.2) is 0 Å². The summed E-state index contributed by atoms with van der Waals surface area (Å²) >= 11 is 0. The summed E-state index contributed by atoms with van der Waals surface area (Å²) in [6.07, 6.45) is 4.35. The molecule has 1 atom stereocenters. The summed E-state index contributed by atoms with van der Waals surface area (Å²) in [4.78, 5) is 4.36. The van der Waals surface area contributed by atoms with Crippen molar-refractivity contribution >= 4 is 10.9 Å². The molecule has 0 bridgehead atoms. The Bertz CT molecular complexity index is 1170. The monoisotopic (exact) mass is 414 g/mol. The quantitative estimate of drug-likeness (QED) is 0.456. The number of aromatic amines is 1. The van der Waals surface area contributed by atoms with E-state index < -0.39 is 0 Å². The number of nitrogens with zero attached hydrogens (tertiary/aromatic N) is 2. The first-order valence-corrected chi connectivity index (χ1v) is 10.7. The Morgan fingerprint density at radius 3 is 2.52 bits per heavy atom. The Labute approximate surface area is 183 Å². The lowest BCUT2D eigenvalue weighted by Crippen LogP contribution is -2.30. The predicted molar refractivity (Wildman–Crippen MR) is 126 cm³/mol. The molecular weight excluding hydrogens is 384 g/mol. The maximum Gasteiger partial charge on any atom is 0.138 e. The second kappa shape index (κ2) is 8.52. The number of aromatic nitrogens is 3. The number of nitrogens with one attached hydrogen (secondary N) is 1. The van der Waals surface area contributed by atoms with Crippen molar-refractivity contribution in [3.8, 4) is 16.9 Å². The van der Waals surface area contributed by atoms with Gasteiger partial charge in [0.1, 0.15) is 12.4 Å². The van der Waals surface area contributed by atoms with Crippen LogP contribution >= 0.6 is 0 Å². The number of hydrogen-bond acceptors (Lipinski definition) is 4. The van der Waals surface area contributed by atoms with Gasteiger partial charge in [-0.25, -0.2) is 0 Å². The van der Waals surface area contributed by atoms with Crippen molar-refractivity contribution in [3.63, 3.8) is 0 Å². The Kier molecular flexibility index (Phi) is 5.79. The molecule has 31 heavy (non-hydrogen) atoms. The molecule has 0 saturated carbocycles. The maximum absolute atomic E-state index is 6.34. The van der Waals surface area contributed by atoms with Gasteiger partial charge >= 0.3 is 0 Å². The zero-order valence-electron chi connectivity index (χ0n) is 18.6. The molecule has 0 aliphatic carbocycles. The number of aryl methyl sites for hydroxylation is 1. The van der Waals surface area contributed by atoms with E-state index in [1.807, 2.05) is 25.3 Å². The second-order valence-electron chi connectivity index (χ2n) is 9.21. The number of H-pyrrole nitrogens is 1. The molecule has 160 valence electrons. The molecule has 5 nitrogen and oxygen atoms in total. The molecule has 0 unspecified atom stereocenters. The van der Waals surface area contributed by atoms with E-state index in [0.717, 1.165) is 39.9 Å². The van der Waals surface area contributed by atoms with E-state index in [2.05, 4.69) is 72.4 Å². The predicted octanol–water partition coefficient (Wildman–Crippen LogP) is 5.18. The van der Waals surface area contributed by atoms with Crippen LogP contribution in [0.4, 0.5) is 0 Å². The van der Waals surface area contributed by atoms with Gasteiger partial charge in [-0.05, 0) is 53.6 Å². The van der Waals surface area contributed by atoms with E-state index in [4.69, 9.17) is 10.5 Å². The molecule has 0 saturated heterocycles. The molecule has 2 aromatic carbocycles. The highest BCUT2D eigenvalue weighted by Gasteiger charge is 2.14. The molecular formula is C26H30N4O. The molecule has 0 fully saturated rings. The first-order chi connectivity index (χ1) is 14.8. The summed E-state index contributed by atoms with van der Waals surface area (Å²) in [5.74, 6) is 0.722. The van der Waals surface area contributed by atoms with Crippen LogP contribution in [0.2, 0.25) is 0 Å². The van der Waals surface area contributed by atoms with Gasteiger partial charge in [0.05, 0.1) is 11.7 Å². The number of hydrogen-bond donors (Lipinski definition) is 2.